The zero-order valence-electron chi connectivity index (χ0n) is 13.7. The number of ether oxygens (including phenoxy) is 2. The highest BCUT2D eigenvalue weighted by atomic mass is 16.5. The normalized spacial score (nSPS) is 28.2. The number of rotatable bonds is 5. The summed E-state index contributed by atoms with van der Waals surface area (Å²) in [7, 11) is 4.12. The van der Waals surface area contributed by atoms with Crippen molar-refractivity contribution in [1.29, 1.82) is 0 Å². The molecule has 3 rings (SSSR count). The van der Waals surface area contributed by atoms with Crippen molar-refractivity contribution in [3.63, 3.8) is 0 Å². The van der Waals surface area contributed by atoms with Gasteiger partial charge in [0.25, 0.3) is 0 Å². The first-order chi connectivity index (χ1) is 10.6. The van der Waals surface area contributed by atoms with Crippen molar-refractivity contribution in [1.82, 2.24) is 15.1 Å². The molecule has 0 unspecified atom stereocenters. The highest BCUT2D eigenvalue weighted by molar-refractivity contribution is 5.42. The first-order valence-electron chi connectivity index (χ1n) is 8.10. The molecule has 0 aromatic carbocycles. The van der Waals surface area contributed by atoms with Crippen LogP contribution in [0.5, 0.6) is 0 Å². The molecular formula is C16H26N4O2. The number of anilines is 1. The first kappa shape index (κ1) is 15.6. The van der Waals surface area contributed by atoms with Crippen molar-refractivity contribution in [3.8, 4) is 0 Å². The third-order valence-corrected chi connectivity index (χ3v) is 4.43. The number of hydrogen-bond donors (Lipinski definition) is 0. The van der Waals surface area contributed by atoms with Gasteiger partial charge in [-0.05, 0) is 46.0 Å². The Morgan fingerprint density at radius 3 is 2.95 bits per heavy atom. The van der Waals surface area contributed by atoms with E-state index in [1.54, 1.807) is 0 Å². The second-order valence-electron chi connectivity index (χ2n) is 6.44. The Kier molecular flexibility index (Phi) is 4.90. The SMILES string of the molecule is Cc1ccc(N2C[C@@H](OCCN(C)C)[C@@H]3OCCC[C@@H]32)nn1. The molecule has 0 N–H and O–H groups in total. The van der Waals surface area contributed by atoms with Crippen molar-refractivity contribution < 1.29 is 9.47 Å². The minimum absolute atomic E-state index is 0.119. The van der Waals surface area contributed by atoms with Crippen LogP contribution in [-0.4, -0.2) is 73.7 Å². The molecule has 6 nitrogen and oxygen atoms in total. The van der Waals surface area contributed by atoms with Gasteiger partial charge in [-0.25, -0.2) is 0 Å². The van der Waals surface area contributed by atoms with Crippen molar-refractivity contribution in [2.45, 2.75) is 38.0 Å². The molecule has 6 heteroatoms. The number of fused-ring (bicyclic) bond motifs is 1. The van der Waals surface area contributed by atoms with Crippen molar-refractivity contribution >= 4 is 5.82 Å². The quantitative estimate of drug-likeness (QED) is 0.812. The maximum atomic E-state index is 6.10. The molecule has 0 spiro atoms. The van der Waals surface area contributed by atoms with Crippen molar-refractivity contribution in [2.24, 2.45) is 0 Å². The molecule has 0 saturated carbocycles. The Morgan fingerprint density at radius 1 is 1.36 bits per heavy atom. The number of hydrogen-bond acceptors (Lipinski definition) is 6. The van der Waals surface area contributed by atoms with Crippen LogP contribution in [0.25, 0.3) is 0 Å². The summed E-state index contributed by atoms with van der Waals surface area (Å²) in [5, 5.41) is 8.54. The van der Waals surface area contributed by atoms with E-state index >= 15 is 0 Å². The highest BCUT2D eigenvalue weighted by Crippen LogP contribution is 2.33. The highest BCUT2D eigenvalue weighted by Gasteiger charge is 2.45. The molecular weight excluding hydrogens is 280 g/mol. The molecule has 22 heavy (non-hydrogen) atoms. The largest absolute Gasteiger partial charge is 0.373 e. The maximum Gasteiger partial charge on any atom is 0.151 e. The summed E-state index contributed by atoms with van der Waals surface area (Å²) in [6.07, 6.45) is 2.50. The molecule has 2 aliphatic heterocycles. The van der Waals surface area contributed by atoms with E-state index in [1.165, 1.54) is 0 Å². The predicted octanol–water partition coefficient (Wildman–Crippen LogP) is 1.10. The summed E-state index contributed by atoms with van der Waals surface area (Å²) in [5.74, 6) is 0.935. The minimum atomic E-state index is 0.119. The summed E-state index contributed by atoms with van der Waals surface area (Å²) >= 11 is 0. The van der Waals surface area contributed by atoms with Gasteiger partial charge in [-0.1, -0.05) is 0 Å². The Morgan fingerprint density at radius 2 is 2.23 bits per heavy atom. The third-order valence-electron chi connectivity index (χ3n) is 4.43. The molecule has 0 bridgehead atoms. The molecule has 2 aliphatic rings. The van der Waals surface area contributed by atoms with Gasteiger partial charge in [-0.2, -0.15) is 5.10 Å². The fourth-order valence-electron chi connectivity index (χ4n) is 3.25. The average Bonchev–Trinajstić information content (AvgIpc) is 2.87. The van der Waals surface area contributed by atoms with Gasteiger partial charge < -0.3 is 19.3 Å². The van der Waals surface area contributed by atoms with Crippen LogP contribution in [0, 0.1) is 6.92 Å². The molecule has 1 aromatic heterocycles. The fraction of sp³-hybridized carbons (Fsp3) is 0.750. The molecule has 3 heterocycles. The number of likely N-dealkylation sites (N-methyl/N-ethyl adjacent to an activating group) is 1. The Hall–Kier alpha value is -1.24. The van der Waals surface area contributed by atoms with E-state index in [2.05, 4.69) is 40.2 Å². The molecule has 2 saturated heterocycles. The van der Waals surface area contributed by atoms with E-state index in [-0.39, 0.29) is 12.2 Å². The lowest BCUT2D eigenvalue weighted by molar-refractivity contribution is -0.0748. The molecule has 3 atom stereocenters. The average molecular weight is 306 g/mol. The van der Waals surface area contributed by atoms with Crippen LogP contribution in [0.4, 0.5) is 5.82 Å². The fourth-order valence-corrected chi connectivity index (χ4v) is 3.25. The van der Waals surface area contributed by atoms with Crippen molar-refractivity contribution in [2.75, 3.05) is 45.3 Å². The van der Waals surface area contributed by atoms with E-state index in [4.69, 9.17) is 9.47 Å². The van der Waals surface area contributed by atoms with E-state index < -0.39 is 0 Å². The van der Waals surface area contributed by atoms with Gasteiger partial charge in [0, 0.05) is 19.7 Å². The lowest BCUT2D eigenvalue weighted by Gasteiger charge is -2.32. The van der Waals surface area contributed by atoms with Crippen LogP contribution >= 0.6 is 0 Å². The summed E-state index contributed by atoms with van der Waals surface area (Å²) in [4.78, 5) is 4.45. The molecule has 0 radical (unpaired) electrons. The Balaban J connectivity index is 1.70. The molecule has 0 aliphatic carbocycles. The molecule has 2 fully saturated rings. The Labute approximate surface area is 132 Å². The van der Waals surface area contributed by atoms with E-state index in [0.29, 0.717) is 6.04 Å². The second-order valence-corrected chi connectivity index (χ2v) is 6.44. The van der Waals surface area contributed by atoms with Crippen LogP contribution in [0.3, 0.4) is 0 Å². The van der Waals surface area contributed by atoms with Crippen molar-refractivity contribution in [3.05, 3.63) is 17.8 Å². The summed E-state index contributed by atoms with van der Waals surface area (Å²) in [6, 6.07) is 4.42. The van der Waals surface area contributed by atoms with Gasteiger partial charge in [-0.3, -0.25) is 0 Å². The van der Waals surface area contributed by atoms with Crippen LogP contribution in [-0.2, 0) is 9.47 Å². The molecule has 0 amide bonds. The second kappa shape index (κ2) is 6.89. The zero-order valence-corrected chi connectivity index (χ0v) is 13.7. The number of nitrogens with zero attached hydrogens (tertiary/aromatic N) is 4. The molecule has 122 valence electrons. The van der Waals surface area contributed by atoms with Crippen LogP contribution in [0.1, 0.15) is 18.5 Å². The summed E-state index contributed by atoms with van der Waals surface area (Å²) < 4.78 is 12.1. The van der Waals surface area contributed by atoms with Gasteiger partial charge in [0.2, 0.25) is 0 Å². The Bertz CT molecular complexity index is 480. The van der Waals surface area contributed by atoms with Gasteiger partial charge in [0.15, 0.2) is 5.82 Å². The van der Waals surface area contributed by atoms with Gasteiger partial charge >= 0.3 is 0 Å². The van der Waals surface area contributed by atoms with Gasteiger partial charge in [-0.15, -0.1) is 5.10 Å². The van der Waals surface area contributed by atoms with Gasteiger partial charge in [0.05, 0.1) is 18.3 Å². The van der Waals surface area contributed by atoms with Gasteiger partial charge in [0.1, 0.15) is 12.2 Å². The number of aryl methyl sites for hydroxylation is 1. The summed E-state index contributed by atoms with van der Waals surface area (Å²) in [6.45, 7) is 5.29. The summed E-state index contributed by atoms with van der Waals surface area (Å²) in [5.41, 5.74) is 0.943. The minimum Gasteiger partial charge on any atom is -0.373 e. The van der Waals surface area contributed by atoms with E-state index in [9.17, 15) is 0 Å². The van der Waals surface area contributed by atoms with E-state index in [0.717, 1.165) is 50.7 Å². The standard InChI is InChI=1S/C16H26N4O2/c1-12-6-7-15(18-17-12)20-11-14(21-10-8-19(2)3)16-13(20)5-4-9-22-16/h6-7,13-14,16H,4-5,8-11H2,1-3H3/t13-,14+,16+/m0/s1. The predicted molar refractivity (Wildman–Crippen MR) is 85.2 cm³/mol. The monoisotopic (exact) mass is 306 g/mol. The lowest BCUT2D eigenvalue weighted by Crippen LogP contribution is -2.42. The zero-order chi connectivity index (χ0) is 15.5. The smallest absolute Gasteiger partial charge is 0.151 e. The first-order valence-corrected chi connectivity index (χ1v) is 8.10. The lowest BCUT2D eigenvalue weighted by atomic mass is 10.0. The third kappa shape index (κ3) is 3.39. The van der Waals surface area contributed by atoms with Crippen LogP contribution < -0.4 is 4.90 Å². The van der Waals surface area contributed by atoms with Crippen LogP contribution in [0.15, 0.2) is 12.1 Å². The van der Waals surface area contributed by atoms with E-state index in [1.807, 2.05) is 13.0 Å². The topological polar surface area (TPSA) is 50.7 Å². The number of aromatic nitrogens is 2. The van der Waals surface area contributed by atoms with Crippen LogP contribution in [0.2, 0.25) is 0 Å². The molecule has 1 aromatic rings. The maximum absolute atomic E-state index is 6.10.